The van der Waals surface area contributed by atoms with E-state index in [0.29, 0.717) is 23.1 Å². The van der Waals surface area contributed by atoms with E-state index >= 15 is 0 Å². The molecule has 0 aliphatic carbocycles. The quantitative estimate of drug-likeness (QED) is 0.302. The lowest BCUT2D eigenvalue weighted by molar-refractivity contribution is -0.124. The molecule has 2 unspecified atom stereocenters. The molecular weight excluding hydrogens is 542 g/mol. The van der Waals surface area contributed by atoms with E-state index in [0.717, 1.165) is 16.3 Å². The number of nitrogens with zero attached hydrogens (tertiary/aromatic N) is 1. The first-order valence-corrected chi connectivity index (χ1v) is 14.4. The number of Topliss-reactive ketones (excluding diaryl/α,β-unsaturated/α-hetero) is 1. The van der Waals surface area contributed by atoms with Gasteiger partial charge in [0.15, 0.2) is 12.0 Å². The fourth-order valence-electron chi connectivity index (χ4n) is 5.01. The highest BCUT2D eigenvalue weighted by Crippen LogP contribution is 2.29. The number of nitriles is 1. The van der Waals surface area contributed by atoms with Crippen LogP contribution in [0.15, 0.2) is 95.9 Å². The Labute approximate surface area is 237 Å². The van der Waals surface area contributed by atoms with Gasteiger partial charge in [-0.3, -0.25) is 10.1 Å². The van der Waals surface area contributed by atoms with E-state index < -0.39 is 40.3 Å². The second-order valence-corrected chi connectivity index (χ2v) is 11.4. The van der Waals surface area contributed by atoms with Crippen LogP contribution in [-0.2, 0) is 37.1 Å². The molecule has 41 heavy (non-hydrogen) atoms. The Morgan fingerprint density at radius 3 is 2.54 bits per heavy atom. The number of hydrogen-bond acceptors (Lipinski definition) is 8. The summed E-state index contributed by atoms with van der Waals surface area (Å²) >= 11 is 0. The Morgan fingerprint density at radius 2 is 1.76 bits per heavy atom. The van der Waals surface area contributed by atoms with Crippen LogP contribution in [0.2, 0.25) is 0 Å². The van der Waals surface area contributed by atoms with Crippen molar-refractivity contribution >= 4 is 32.7 Å². The SMILES string of the molecule is COC(=O)OC1Cc2ccccc2C(C(=O)[C@H](Cc2cccc(C#N)c2)NS(=O)(=O)c2ccc3ccccc3c2)N1. The summed E-state index contributed by atoms with van der Waals surface area (Å²) in [6, 6.07) is 25.9. The molecule has 10 heteroatoms. The zero-order valence-corrected chi connectivity index (χ0v) is 22.9. The molecule has 1 aliphatic heterocycles. The molecule has 0 spiro atoms. The topological polar surface area (TPSA) is 135 Å². The average molecular weight is 570 g/mol. The first kappa shape index (κ1) is 28.0. The Morgan fingerprint density at radius 1 is 1.00 bits per heavy atom. The minimum Gasteiger partial charge on any atom is -0.438 e. The largest absolute Gasteiger partial charge is 0.509 e. The minimum atomic E-state index is -4.15. The molecule has 4 aromatic rings. The van der Waals surface area contributed by atoms with Crippen LogP contribution in [0.1, 0.15) is 28.3 Å². The molecule has 2 N–H and O–H groups in total. The van der Waals surface area contributed by atoms with Crippen molar-refractivity contribution in [3.05, 3.63) is 113 Å². The van der Waals surface area contributed by atoms with Gasteiger partial charge in [-0.1, -0.05) is 66.7 Å². The molecular formula is C31H27N3O6S. The molecule has 0 amide bonds. The van der Waals surface area contributed by atoms with Gasteiger partial charge in [0.2, 0.25) is 10.0 Å². The Kier molecular flexibility index (Phi) is 8.12. The van der Waals surface area contributed by atoms with Crippen LogP contribution >= 0.6 is 0 Å². The number of ether oxygens (including phenoxy) is 2. The molecule has 0 fully saturated rings. The number of fused-ring (bicyclic) bond motifs is 2. The van der Waals surface area contributed by atoms with Crippen LogP contribution in [0.25, 0.3) is 10.8 Å². The monoisotopic (exact) mass is 569 g/mol. The zero-order chi connectivity index (χ0) is 29.0. The number of benzene rings is 4. The van der Waals surface area contributed by atoms with Crippen molar-refractivity contribution in [2.75, 3.05) is 7.11 Å². The molecule has 3 atom stereocenters. The third-order valence-corrected chi connectivity index (χ3v) is 8.45. The third kappa shape index (κ3) is 6.28. The van der Waals surface area contributed by atoms with E-state index in [1.807, 2.05) is 36.4 Å². The summed E-state index contributed by atoms with van der Waals surface area (Å²) in [5.41, 5.74) is 2.43. The van der Waals surface area contributed by atoms with Crippen molar-refractivity contribution in [1.29, 1.82) is 5.26 Å². The Hall–Kier alpha value is -4.56. The summed E-state index contributed by atoms with van der Waals surface area (Å²) in [5.74, 6) is -0.470. The van der Waals surface area contributed by atoms with Crippen LogP contribution in [0, 0.1) is 11.3 Å². The molecule has 9 nitrogen and oxygen atoms in total. The lowest BCUT2D eigenvalue weighted by atomic mass is 9.87. The summed E-state index contributed by atoms with van der Waals surface area (Å²) < 4.78 is 39.9. The number of ketones is 1. The van der Waals surface area contributed by atoms with Crippen LogP contribution in [-0.4, -0.2) is 39.7 Å². The fourth-order valence-corrected chi connectivity index (χ4v) is 6.25. The number of sulfonamides is 1. The van der Waals surface area contributed by atoms with Crippen molar-refractivity contribution in [3.8, 4) is 6.07 Å². The second-order valence-electron chi connectivity index (χ2n) is 9.66. The summed E-state index contributed by atoms with van der Waals surface area (Å²) in [5, 5.41) is 14.0. The highest BCUT2D eigenvalue weighted by Gasteiger charge is 2.38. The summed E-state index contributed by atoms with van der Waals surface area (Å²) in [6.45, 7) is 0. The highest BCUT2D eigenvalue weighted by atomic mass is 32.2. The zero-order valence-electron chi connectivity index (χ0n) is 22.1. The Balaban J connectivity index is 1.52. The maximum atomic E-state index is 14.2. The van der Waals surface area contributed by atoms with Crippen molar-refractivity contribution in [2.45, 2.75) is 36.0 Å². The molecule has 0 aromatic heterocycles. The van der Waals surface area contributed by atoms with E-state index in [2.05, 4.69) is 20.8 Å². The third-order valence-electron chi connectivity index (χ3n) is 6.98. The van der Waals surface area contributed by atoms with Gasteiger partial charge < -0.3 is 9.47 Å². The van der Waals surface area contributed by atoms with Gasteiger partial charge in [-0.05, 0) is 58.1 Å². The summed E-state index contributed by atoms with van der Waals surface area (Å²) in [7, 11) is -2.96. The molecule has 0 saturated heterocycles. The highest BCUT2D eigenvalue weighted by molar-refractivity contribution is 7.89. The van der Waals surface area contributed by atoms with E-state index in [9.17, 15) is 23.3 Å². The van der Waals surface area contributed by atoms with E-state index in [1.54, 1.807) is 48.5 Å². The van der Waals surface area contributed by atoms with E-state index in [1.165, 1.54) is 13.2 Å². The predicted molar refractivity (Wildman–Crippen MR) is 151 cm³/mol. The van der Waals surface area contributed by atoms with Crippen molar-refractivity contribution in [1.82, 2.24) is 10.0 Å². The van der Waals surface area contributed by atoms with Crippen molar-refractivity contribution < 1.29 is 27.5 Å². The first-order chi connectivity index (χ1) is 19.8. The minimum absolute atomic E-state index is 0.00988. The molecule has 5 rings (SSSR count). The molecule has 0 saturated carbocycles. The van der Waals surface area contributed by atoms with Crippen LogP contribution in [0.3, 0.4) is 0 Å². The average Bonchev–Trinajstić information content (AvgIpc) is 2.99. The van der Waals surface area contributed by atoms with E-state index in [-0.39, 0.29) is 11.3 Å². The van der Waals surface area contributed by atoms with Gasteiger partial charge in [0.25, 0.3) is 0 Å². The number of nitrogens with one attached hydrogen (secondary N) is 2. The van der Waals surface area contributed by atoms with Gasteiger partial charge in [0, 0.05) is 6.42 Å². The second kappa shape index (κ2) is 11.9. The maximum Gasteiger partial charge on any atom is 0.509 e. The van der Waals surface area contributed by atoms with Gasteiger partial charge >= 0.3 is 6.16 Å². The first-order valence-electron chi connectivity index (χ1n) is 12.9. The van der Waals surface area contributed by atoms with Crippen molar-refractivity contribution in [2.24, 2.45) is 0 Å². The molecule has 1 heterocycles. The molecule has 1 aliphatic rings. The normalized spacial score (nSPS) is 17.2. The smallest absolute Gasteiger partial charge is 0.438 e. The fraction of sp³-hybridized carbons (Fsp3) is 0.194. The van der Waals surface area contributed by atoms with Gasteiger partial charge in [-0.2, -0.15) is 5.26 Å². The van der Waals surface area contributed by atoms with Gasteiger partial charge in [0.05, 0.1) is 35.7 Å². The standard InChI is InChI=1S/C31H27N3O6S/c1-39-31(36)40-28-18-24-11-4-5-12-26(24)29(33-28)30(35)27(16-20-7-6-8-21(15-20)19-32)34-41(37,38)25-14-13-22-9-2-3-10-23(22)17-25/h2-15,17,27-29,33-34H,16,18H2,1H3/t27-,28?,29?/m0/s1. The number of rotatable bonds is 8. The van der Waals surface area contributed by atoms with Crippen LogP contribution in [0.4, 0.5) is 4.79 Å². The lowest BCUT2D eigenvalue weighted by Gasteiger charge is -2.33. The predicted octanol–water partition coefficient (Wildman–Crippen LogP) is 4.17. The Bertz CT molecular complexity index is 1770. The molecule has 208 valence electrons. The molecule has 0 bridgehead atoms. The van der Waals surface area contributed by atoms with Crippen molar-refractivity contribution in [3.63, 3.8) is 0 Å². The maximum absolute atomic E-state index is 14.2. The van der Waals surface area contributed by atoms with Crippen LogP contribution in [0.5, 0.6) is 0 Å². The van der Waals surface area contributed by atoms with Gasteiger partial charge in [-0.15, -0.1) is 0 Å². The van der Waals surface area contributed by atoms with Gasteiger partial charge in [0.1, 0.15) is 0 Å². The number of carbonyl (C=O) groups excluding carboxylic acids is 2. The lowest BCUT2D eigenvalue weighted by Crippen LogP contribution is -2.52. The van der Waals surface area contributed by atoms with Gasteiger partial charge in [-0.25, -0.2) is 17.9 Å². The van der Waals surface area contributed by atoms with E-state index in [4.69, 9.17) is 4.74 Å². The van der Waals surface area contributed by atoms with Crippen LogP contribution < -0.4 is 10.0 Å². The molecule has 4 aromatic carbocycles. The number of carbonyl (C=O) groups is 2. The number of methoxy groups -OCH3 is 1. The summed E-state index contributed by atoms with van der Waals surface area (Å²) in [4.78, 5) is 26.1. The number of hydrogen-bond donors (Lipinski definition) is 2. The molecule has 0 radical (unpaired) electrons. The summed E-state index contributed by atoms with van der Waals surface area (Å²) in [6.07, 6.45) is -1.49.